The molecule has 0 atom stereocenters. The molecule has 0 aliphatic rings. The molecule has 0 heterocycles. The molecule has 0 aliphatic carbocycles. The van der Waals surface area contributed by atoms with E-state index in [-0.39, 0.29) is 24.3 Å². The monoisotopic (exact) mass is 412 g/mol. The van der Waals surface area contributed by atoms with E-state index >= 15 is 0 Å². The van der Waals surface area contributed by atoms with E-state index in [1.807, 2.05) is 0 Å². The van der Waals surface area contributed by atoms with E-state index in [0.29, 0.717) is 36.5 Å². The van der Waals surface area contributed by atoms with E-state index in [1.54, 1.807) is 62.6 Å². The summed E-state index contributed by atoms with van der Waals surface area (Å²) in [5.74, 6) is -0.466. The van der Waals surface area contributed by atoms with Crippen molar-refractivity contribution in [3.8, 4) is 0 Å². The van der Waals surface area contributed by atoms with Gasteiger partial charge in [-0.05, 0) is 48.9 Å². The standard InChI is InChI=1S/C22H28N4O4/c1-3-20(27)25-18-6-4-7-19(14-18)26-21(28)15-24-17-10-8-16(9-11-17)22(29)23-12-5-13-30-2/h4,6-11,14,24H,3,5,12-13,15H2,1-2H3,(H,23,29)(H,25,27)(H,26,28). The summed E-state index contributed by atoms with van der Waals surface area (Å²) < 4.78 is 4.95. The summed E-state index contributed by atoms with van der Waals surface area (Å²) in [5, 5.41) is 11.4. The number of carbonyl (C=O) groups is 3. The van der Waals surface area contributed by atoms with E-state index in [4.69, 9.17) is 4.74 Å². The lowest BCUT2D eigenvalue weighted by Crippen LogP contribution is -2.25. The second-order valence-corrected chi connectivity index (χ2v) is 6.56. The molecule has 30 heavy (non-hydrogen) atoms. The molecule has 4 N–H and O–H groups in total. The van der Waals surface area contributed by atoms with Crippen LogP contribution in [0.5, 0.6) is 0 Å². The summed E-state index contributed by atoms with van der Waals surface area (Å²) >= 11 is 0. The zero-order chi connectivity index (χ0) is 21.8. The first-order chi connectivity index (χ1) is 14.5. The maximum Gasteiger partial charge on any atom is 0.251 e. The number of rotatable bonds is 11. The van der Waals surface area contributed by atoms with Gasteiger partial charge in [0, 0.05) is 49.3 Å². The Morgan fingerprint density at radius 2 is 1.57 bits per heavy atom. The number of hydrogen-bond donors (Lipinski definition) is 4. The van der Waals surface area contributed by atoms with Crippen LogP contribution in [0.4, 0.5) is 17.1 Å². The van der Waals surface area contributed by atoms with Crippen LogP contribution < -0.4 is 21.3 Å². The molecule has 8 heteroatoms. The smallest absolute Gasteiger partial charge is 0.251 e. The van der Waals surface area contributed by atoms with Crippen LogP contribution in [0.25, 0.3) is 0 Å². The average molecular weight is 412 g/mol. The first-order valence-electron chi connectivity index (χ1n) is 9.82. The van der Waals surface area contributed by atoms with Crippen LogP contribution >= 0.6 is 0 Å². The van der Waals surface area contributed by atoms with Crippen molar-refractivity contribution < 1.29 is 19.1 Å². The van der Waals surface area contributed by atoms with Crippen LogP contribution in [0.15, 0.2) is 48.5 Å². The van der Waals surface area contributed by atoms with Gasteiger partial charge in [-0.3, -0.25) is 14.4 Å². The Morgan fingerprint density at radius 1 is 0.900 bits per heavy atom. The quantitative estimate of drug-likeness (QED) is 0.425. The summed E-state index contributed by atoms with van der Waals surface area (Å²) in [5.41, 5.74) is 2.50. The molecule has 0 fully saturated rings. The van der Waals surface area contributed by atoms with Crippen LogP contribution in [0.2, 0.25) is 0 Å². The summed E-state index contributed by atoms with van der Waals surface area (Å²) in [6.45, 7) is 2.99. The van der Waals surface area contributed by atoms with Gasteiger partial charge in [-0.2, -0.15) is 0 Å². The highest BCUT2D eigenvalue weighted by Gasteiger charge is 2.07. The minimum absolute atomic E-state index is 0.0636. The van der Waals surface area contributed by atoms with Crippen molar-refractivity contribution >= 4 is 34.8 Å². The van der Waals surface area contributed by atoms with Gasteiger partial charge in [0.05, 0.1) is 6.54 Å². The molecule has 0 radical (unpaired) electrons. The van der Waals surface area contributed by atoms with Gasteiger partial charge in [0.25, 0.3) is 5.91 Å². The number of nitrogens with one attached hydrogen (secondary N) is 4. The zero-order valence-corrected chi connectivity index (χ0v) is 17.3. The van der Waals surface area contributed by atoms with Gasteiger partial charge >= 0.3 is 0 Å². The fourth-order valence-electron chi connectivity index (χ4n) is 2.57. The Balaban J connectivity index is 1.80. The van der Waals surface area contributed by atoms with Gasteiger partial charge < -0.3 is 26.0 Å². The van der Waals surface area contributed by atoms with Gasteiger partial charge in [0.1, 0.15) is 0 Å². The molecule has 0 aliphatic heterocycles. The number of amides is 3. The zero-order valence-electron chi connectivity index (χ0n) is 17.3. The second kappa shape index (κ2) is 12.2. The Bertz CT molecular complexity index is 852. The molecule has 0 saturated heterocycles. The van der Waals surface area contributed by atoms with Crippen molar-refractivity contribution in [1.82, 2.24) is 5.32 Å². The van der Waals surface area contributed by atoms with E-state index in [1.165, 1.54) is 0 Å². The second-order valence-electron chi connectivity index (χ2n) is 6.56. The minimum atomic E-state index is -0.228. The van der Waals surface area contributed by atoms with Crippen molar-refractivity contribution in [1.29, 1.82) is 0 Å². The number of ether oxygens (including phenoxy) is 1. The highest BCUT2D eigenvalue weighted by atomic mass is 16.5. The van der Waals surface area contributed by atoms with Crippen LogP contribution in [0.1, 0.15) is 30.1 Å². The first-order valence-corrected chi connectivity index (χ1v) is 9.82. The molecule has 3 amide bonds. The maximum absolute atomic E-state index is 12.2. The fraction of sp³-hybridized carbons (Fsp3) is 0.318. The number of hydrogen-bond acceptors (Lipinski definition) is 5. The van der Waals surface area contributed by atoms with E-state index in [2.05, 4.69) is 21.3 Å². The van der Waals surface area contributed by atoms with Crippen molar-refractivity contribution in [3.63, 3.8) is 0 Å². The maximum atomic E-state index is 12.2. The summed E-state index contributed by atoms with van der Waals surface area (Å²) in [7, 11) is 1.62. The minimum Gasteiger partial charge on any atom is -0.385 e. The van der Waals surface area contributed by atoms with Crippen molar-refractivity contribution in [2.75, 3.05) is 42.8 Å². The third-order valence-electron chi connectivity index (χ3n) is 4.16. The van der Waals surface area contributed by atoms with Crippen LogP contribution in [0, 0.1) is 0 Å². The molecule has 160 valence electrons. The molecule has 0 saturated carbocycles. The van der Waals surface area contributed by atoms with E-state index in [9.17, 15) is 14.4 Å². The van der Waals surface area contributed by atoms with Crippen LogP contribution in [-0.2, 0) is 14.3 Å². The fourth-order valence-corrected chi connectivity index (χ4v) is 2.57. The highest BCUT2D eigenvalue weighted by molar-refractivity contribution is 5.96. The lowest BCUT2D eigenvalue weighted by molar-refractivity contribution is -0.116. The number of methoxy groups -OCH3 is 1. The average Bonchev–Trinajstić information content (AvgIpc) is 2.75. The molecular weight excluding hydrogens is 384 g/mol. The molecule has 8 nitrogen and oxygen atoms in total. The highest BCUT2D eigenvalue weighted by Crippen LogP contribution is 2.15. The van der Waals surface area contributed by atoms with Gasteiger partial charge in [-0.15, -0.1) is 0 Å². The van der Waals surface area contributed by atoms with Gasteiger partial charge in [-0.25, -0.2) is 0 Å². The van der Waals surface area contributed by atoms with Crippen molar-refractivity contribution in [2.24, 2.45) is 0 Å². The normalized spacial score (nSPS) is 10.2. The predicted molar refractivity (Wildman–Crippen MR) is 118 cm³/mol. The van der Waals surface area contributed by atoms with Gasteiger partial charge in [-0.1, -0.05) is 13.0 Å². The SMILES string of the molecule is CCC(=O)Nc1cccc(NC(=O)CNc2ccc(C(=O)NCCCOC)cc2)c1. The van der Waals surface area contributed by atoms with E-state index < -0.39 is 0 Å². The molecule has 2 aromatic rings. The lowest BCUT2D eigenvalue weighted by atomic mass is 10.2. The molecule has 0 bridgehead atoms. The van der Waals surface area contributed by atoms with Crippen LogP contribution in [-0.4, -0.2) is 44.5 Å². The first kappa shape index (κ1) is 22.9. The molecule has 0 spiro atoms. The van der Waals surface area contributed by atoms with Crippen LogP contribution in [0.3, 0.4) is 0 Å². The number of carbonyl (C=O) groups excluding carboxylic acids is 3. The largest absolute Gasteiger partial charge is 0.385 e. The predicted octanol–water partition coefficient (Wildman–Crippen LogP) is 2.85. The topological polar surface area (TPSA) is 109 Å². The molecular formula is C22H28N4O4. The molecule has 0 unspecified atom stereocenters. The summed E-state index contributed by atoms with van der Waals surface area (Å²) in [6.07, 6.45) is 1.14. The molecule has 2 rings (SSSR count). The Labute approximate surface area is 176 Å². The van der Waals surface area contributed by atoms with Gasteiger partial charge in [0.2, 0.25) is 11.8 Å². The molecule has 2 aromatic carbocycles. The Morgan fingerprint density at radius 3 is 2.20 bits per heavy atom. The van der Waals surface area contributed by atoms with Crippen molar-refractivity contribution in [2.45, 2.75) is 19.8 Å². The third kappa shape index (κ3) is 7.92. The lowest BCUT2D eigenvalue weighted by Gasteiger charge is -2.10. The third-order valence-corrected chi connectivity index (χ3v) is 4.16. The summed E-state index contributed by atoms with van der Waals surface area (Å²) in [6, 6.07) is 13.9. The Kier molecular flexibility index (Phi) is 9.33. The summed E-state index contributed by atoms with van der Waals surface area (Å²) in [4.78, 5) is 35.7. The number of anilines is 3. The van der Waals surface area contributed by atoms with Crippen molar-refractivity contribution in [3.05, 3.63) is 54.1 Å². The van der Waals surface area contributed by atoms with E-state index in [0.717, 1.165) is 12.1 Å². The number of benzene rings is 2. The Hall–Kier alpha value is -3.39. The molecule has 0 aromatic heterocycles. The van der Waals surface area contributed by atoms with Gasteiger partial charge in [0.15, 0.2) is 0 Å².